The number of phenols is 2. The van der Waals surface area contributed by atoms with Crippen LogP contribution in [-0.2, 0) is 29.8 Å². The van der Waals surface area contributed by atoms with Gasteiger partial charge in [-0.1, -0.05) is 36.4 Å². The lowest BCUT2D eigenvalue weighted by atomic mass is 10.1. The largest absolute Gasteiger partial charge is 0.507 e. The van der Waals surface area contributed by atoms with E-state index in [2.05, 4.69) is 21.3 Å². The molecular formula is C38H30N4O12S2. The van der Waals surface area contributed by atoms with Crippen molar-refractivity contribution >= 4 is 88.2 Å². The average Bonchev–Trinajstić information content (AvgIpc) is 3.11. The fourth-order valence-electron chi connectivity index (χ4n) is 5.93. The van der Waals surface area contributed by atoms with Gasteiger partial charge < -0.3 is 31.5 Å². The molecule has 0 fully saturated rings. The normalized spacial score (nSPS) is 11.6. The van der Waals surface area contributed by atoms with Crippen LogP contribution in [0.5, 0.6) is 11.5 Å². The Labute approximate surface area is 318 Å². The van der Waals surface area contributed by atoms with Gasteiger partial charge in [-0.05, 0) is 73.5 Å². The van der Waals surface area contributed by atoms with E-state index in [9.17, 15) is 55.3 Å². The Morgan fingerprint density at radius 3 is 1.20 bits per heavy atom. The van der Waals surface area contributed by atoms with Crippen LogP contribution < -0.4 is 21.3 Å². The number of hydrogen-bond acceptors (Lipinski definition) is 10. The van der Waals surface area contributed by atoms with Crippen molar-refractivity contribution in [2.75, 3.05) is 21.3 Å². The summed E-state index contributed by atoms with van der Waals surface area (Å²) in [4.78, 5) is 51.5. The summed E-state index contributed by atoms with van der Waals surface area (Å²) >= 11 is 0. The minimum Gasteiger partial charge on any atom is -0.507 e. The second kappa shape index (κ2) is 14.8. The van der Waals surface area contributed by atoms with E-state index in [0.29, 0.717) is 11.1 Å². The van der Waals surface area contributed by atoms with Crippen LogP contribution in [0, 0.1) is 13.8 Å². The molecule has 0 aliphatic rings. The molecule has 0 spiro atoms. The summed E-state index contributed by atoms with van der Waals surface area (Å²) in [6.45, 7) is 3.21. The number of rotatable bonds is 8. The Balaban J connectivity index is 1.16. The standard InChI is InChI=1S/C38H30N4O12S2/c1-19-9-11-21(13-27(19)35(45)41-23-15-29-25(31(43)17-23)5-3-7-33(29)55(49,50)51)39-37(47)38(48)40-22-12-10-20(2)28(14-22)36(46)42-24-16-30-26(32(44)18-24)6-4-8-34(30)56(52,53)54/h3-18,43-44H,1-2H3,(H,39,47)(H,40,48)(H,41,45)(H,42,46)(H,49,50,51)(H,52,53,54). The number of carbonyl (C=O) groups excluding carboxylic acids is 4. The fraction of sp³-hybridized carbons (Fsp3) is 0.0526. The first-order valence-corrected chi connectivity index (χ1v) is 19.1. The molecule has 6 rings (SSSR count). The van der Waals surface area contributed by atoms with Crippen molar-refractivity contribution in [2.24, 2.45) is 0 Å². The molecule has 16 nitrogen and oxygen atoms in total. The van der Waals surface area contributed by atoms with Crippen LogP contribution in [0.3, 0.4) is 0 Å². The number of amides is 4. The van der Waals surface area contributed by atoms with Crippen molar-refractivity contribution < 1.29 is 55.3 Å². The van der Waals surface area contributed by atoms with Gasteiger partial charge in [0, 0.05) is 67.6 Å². The van der Waals surface area contributed by atoms with Crippen LogP contribution in [0.15, 0.2) is 107 Å². The van der Waals surface area contributed by atoms with E-state index in [1.165, 1.54) is 84.9 Å². The van der Waals surface area contributed by atoms with Crippen LogP contribution in [0.4, 0.5) is 22.7 Å². The van der Waals surface area contributed by atoms with Crippen LogP contribution in [-0.4, -0.2) is 59.8 Å². The number of nitrogens with one attached hydrogen (secondary N) is 4. The number of aromatic hydroxyl groups is 2. The Bertz CT molecular complexity index is 2700. The van der Waals surface area contributed by atoms with E-state index in [4.69, 9.17) is 0 Å². The molecule has 18 heteroatoms. The number of carbonyl (C=O) groups is 4. The third-order valence-corrected chi connectivity index (χ3v) is 10.4. The van der Waals surface area contributed by atoms with E-state index in [-0.39, 0.29) is 66.9 Å². The van der Waals surface area contributed by atoms with Gasteiger partial charge in [-0.15, -0.1) is 0 Å². The molecule has 0 aliphatic carbocycles. The molecule has 0 saturated carbocycles. The molecule has 0 unspecified atom stereocenters. The molecule has 0 radical (unpaired) electrons. The van der Waals surface area contributed by atoms with Gasteiger partial charge in [0.15, 0.2) is 0 Å². The molecule has 0 aliphatic heterocycles. The molecule has 286 valence electrons. The topological polar surface area (TPSA) is 266 Å². The Morgan fingerprint density at radius 1 is 0.464 bits per heavy atom. The van der Waals surface area contributed by atoms with Gasteiger partial charge in [0.05, 0.1) is 0 Å². The molecule has 4 amide bonds. The third kappa shape index (κ3) is 8.12. The van der Waals surface area contributed by atoms with Crippen molar-refractivity contribution in [3.8, 4) is 11.5 Å². The molecular weight excluding hydrogens is 769 g/mol. The highest BCUT2D eigenvalue weighted by molar-refractivity contribution is 7.86. The maximum Gasteiger partial charge on any atom is 0.314 e. The smallest absolute Gasteiger partial charge is 0.314 e. The maximum absolute atomic E-state index is 13.3. The first-order chi connectivity index (χ1) is 26.3. The van der Waals surface area contributed by atoms with E-state index < -0.39 is 53.7 Å². The quantitative estimate of drug-likeness (QED) is 0.0691. The van der Waals surface area contributed by atoms with Crippen molar-refractivity contribution in [2.45, 2.75) is 23.6 Å². The van der Waals surface area contributed by atoms with Crippen molar-refractivity contribution in [3.05, 3.63) is 119 Å². The molecule has 6 aromatic rings. The summed E-state index contributed by atoms with van der Waals surface area (Å²) in [6.07, 6.45) is 0. The van der Waals surface area contributed by atoms with Gasteiger partial charge in [-0.2, -0.15) is 16.8 Å². The molecule has 0 aromatic heterocycles. The Morgan fingerprint density at radius 2 is 0.839 bits per heavy atom. The second-order valence-electron chi connectivity index (χ2n) is 12.5. The summed E-state index contributed by atoms with van der Waals surface area (Å²) in [7, 11) is -9.34. The summed E-state index contributed by atoms with van der Waals surface area (Å²) in [5, 5.41) is 31.0. The highest BCUT2D eigenvalue weighted by Crippen LogP contribution is 2.35. The zero-order chi connectivity index (χ0) is 40.7. The van der Waals surface area contributed by atoms with E-state index >= 15 is 0 Å². The van der Waals surface area contributed by atoms with Crippen LogP contribution in [0.1, 0.15) is 31.8 Å². The predicted molar refractivity (Wildman–Crippen MR) is 206 cm³/mol. The van der Waals surface area contributed by atoms with Gasteiger partial charge in [0.2, 0.25) is 0 Å². The van der Waals surface area contributed by atoms with Gasteiger partial charge in [0.1, 0.15) is 21.3 Å². The Hall–Kier alpha value is -6.86. The van der Waals surface area contributed by atoms with Gasteiger partial charge in [-0.3, -0.25) is 28.3 Å². The highest BCUT2D eigenvalue weighted by Gasteiger charge is 2.21. The molecule has 0 bridgehead atoms. The third-order valence-electron chi connectivity index (χ3n) is 8.63. The molecule has 0 atom stereocenters. The predicted octanol–water partition coefficient (Wildman–Crippen LogP) is 5.60. The van der Waals surface area contributed by atoms with E-state index in [0.717, 1.165) is 12.1 Å². The molecule has 56 heavy (non-hydrogen) atoms. The van der Waals surface area contributed by atoms with Gasteiger partial charge >= 0.3 is 11.8 Å². The summed E-state index contributed by atoms with van der Waals surface area (Å²) in [5.74, 6) is -4.43. The minimum atomic E-state index is -4.67. The summed E-state index contributed by atoms with van der Waals surface area (Å²) in [6, 6.07) is 21.2. The number of hydrogen-bond donors (Lipinski definition) is 8. The first-order valence-electron chi connectivity index (χ1n) is 16.2. The number of aryl methyl sites for hydroxylation is 2. The monoisotopic (exact) mass is 798 g/mol. The molecule has 0 saturated heterocycles. The van der Waals surface area contributed by atoms with Crippen LogP contribution in [0.2, 0.25) is 0 Å². The zero-order valence-electron chi connectivity index (χ0n) is 29.1. The summed E-state index contributed by atoms with van der Waals surface area (Å²) in [5.41, 5.74) is 1.11. The molecule has 8 N–H and O–H groups in total. The van der Waals surface area contributed by atoms with E-state index in [1.54, 1.807) is 13.8 Å². The number of phenolic OH excluding ortho intramolecular Hbond substituents is 2. The SMILES string of the molecule is Cc1ccc(NC(=O)C(=O)Nc2ccc(C)c(C(=O)Nc3cc(O)c4cccc(S(=O)(=O)O)c4c3)c2)cc1C(=O)Nc1cc(O)c2cccc(S(=O)(=O)O)c2c1. The van der Waals surface area contributed by atoms with E-state index in [1.807, 2.05) is 0 Å². The van der Waals surface area contributed by atoms with Crippen molar-refractivity contribution in [1.29, 1.82) is 0 Å². The zero-order valence-corrected chi connectivity index (χ0v) is 30.7. The number of fused-ring (bicyclic) bond motifs is 2. The van der Waals surface area contributed by atoms with Crippen molar-refractivity contribution in [3.63, 3.8) is 0 Å². The fourth-order valence-corrected chi connectivity index (χ4v) is 7.33. The average molecular weight is 799 g/mol. The second-order valence-corrected chi connectivity index (χ2v) is 15.3. The highest BCUT2D eigenvalue weighted by atomic mass is 32.2. The lowest BCUT2D eigenvalue weighted by molar-refractivity contribution is -0.132. The lowest BCUT2D eigenvalue weighted by Gasteiger charge is -2.14. The minimum absolute atomic E-state index is 0.00263. The lowest BCUT2D eigenvalue weighted by Crippen LogP contribution is -2.29. The van der Waals surface area contributed by atoms with Crippen LogP contribution >= 0.6 is 0 Å². The Kier molecular flexibility index (Phi) is 10.2. The summed E-state index contributed by atoms with van der Waals surface area (Å²) < 4.78 is 66.9. The first kappa shape index (κ1) is 38.9. The van der Waals surface area contributed by atoms with Gasteiger partial charge in [0.25, 0.3) is 32.1 Å². The van der Waals surface area contributed by atoms with Crippen molar-refractivity contribution in [1.82, 2.24) is 0 Å². The molecule has 6 aromatic carbocycles. The molecule has 0 heterocycles. The number of benzene rings is 6. The van der Waals surface area contributed by atoms with Gasteiger partial charge in [-0.25, -0.2) is 0 Å². The number of anilines is 4. The van der Waals surface area contributed by atoms with Crippen LogP contribution in [0.25, 0.3) is 21.5 Å². The maximum atomic E-state index is 13.3.